The summed E-state index contributed by atoms with van der Waals surface area (Å²) < 4.78 is 8.59. The summed E-state index contributed by atoms with van der Waals surface area (Å²) in [5.74, 6) is -0.245. The second-order valence-electron chi connectivity index (χ2n) is 6.04. The number of ether oxygens (including phenoxy) is 1. The summed E-state index contributed by atoms with van der Waals surface area (Å²) >= 11 is 7.80. The molecule has 0 unspecified atom stereocenters. The van der Waals surface area contributed by atoms with Crippen molar-refractivity contribution in [2.24, 2.45) is 4.99 Å². The van der Waals surface area contributed by atoms with Crippen LogP contribution < -0.4 is 4.80 Å². The van der Waals surface area contributed by atoms with Gasteiger partial charge in [0.05, 0.1) is 16.8 Å². The Balaban J connectivity index is 2.11. The van der Waals surface area contributed by atoms with Gasteiger partial charge in [0.1, 0.15) is 0 Å². The Morgan fingerprint density at radius 2 is 1.92 bits per heavy atom. The Bertz CT molecular complexity index is 1000. The number of aryl methyl sites for hydroxylation is 2. The third-order valence-electron chi connectivity index (χ3n) is 4.19. The predicted octanol–water partition coefficient (Wildman–Crippen LogP) is 4.75. The van der Waals surface area contributed by atoms with Crippen molar-refractivity contribution < 1.29 is 9.53 Å². The number of rotatable bonds is 5. The van der Waals surface area contributed by atoms with Crippen molar-refractivity contribution in [2.45, 2.75) is 27.3 Å². The first-order valence-electron chi connectivity index (χ1n) is 8.53. The molecule has 0 fully saturated rings. The summed E-state index contributed by atoms with van der Waals surface area (Å²) in [4.78, 5) is 17.7. The lowest BCUT2D eigenvalue weighted by Crippen LogP contribution is -2.20. The fourth-order valence-corrected chi connectivity index (χ4v) is 4.02. The molecule has 136 valence electrons. The Labute approximate surface area is 161 Å². The number of carbonyl (C=O) groups is 1. The molecule has 0 atom stereocenters. The SMILES string of the molecule is CCOCCn1c(=NC(=O)c2ccc(C)cc2)sc2ccc(Cl)c(C)c21. The summed E-state index contributed by atoms with van der Waals surface area (Å²) in [6, 6.07) is 11.3. The number of nitrogens with zero attached hydrogens (tertiary/aromatic N) is 2. The molecule has 2 aromatic carbocycles. The van der Waals surface area contributed by atoms with Crippen molar-refractivity contribution in [3.8, 4) is 0 Å². The number of halogens is 1. The summed E-state index contributed by atoms with van der Waals surface area (Å²) in [5, 5.41) is 0.705. The van der Waals surface area contributed by atoms with Gasteiger partial charge >= 0.3 is 0 Å². The van der Waals surface area contributed by atoms with E-state index in [0.29, 0.717) is 35.1 Å². The molecule has 0 saturated heterocycles. The van der Waals surface area contributed by atoms with Gasteiger partial charge < -0.3 is 9.30 Å². The highest BCUT2D eigenvalue weighted by Crippen LogP contribution is 2.27. The molecule has 26 heavy (non-hydrogen) atoms. The molecule has 3 rings (SSSR count). The molecule has 0 aliphatic heterocycles. The van der Waals surface area contributed by atoms with E-state index in [1.54, 1.807) is 12.1 Å². The summed E-state index contributed by atoms with van der Waals surface area (Å²) in [6.07, 6.45) is 0. The van der Waals surface area contributed by atoms with Crippen LogP contribution in [0.2, 0.25) is 5.02 Å². The number of hydrogen-bond donors (Lipinski definition) is 0. The molecule has 0 saturated carbocycles. The first-order chi connectivity index (χ1) is 12.5. The number of thiazole rings is 1. The van der Waals surface area contributed by atoms with E-state index in [4.69, 9.17) is 16.3 Å². The van der Waals surface area contributed by atoms with Gasteiger partial charge in [-0.15, -0.1) is 0 Å². The highest BCUT2D eigenvalue weighted by Gasteiger charge is 2.13. The number of aromatic nitrogens is 1. The molecule has 0 spiro atoms. The van der Waals surface area contributed by atoms with E-state index in [1.165, 1.54) is 11.3 Å². The van der Waals surface area contributed by atoms with Crippen molar-refractivity contribution in [3.63, 3.8) is 0 Å². The quantitative estimate of drug-likeness (QED) is 0.592. The van der Waals surface area contributed by atoms with Crippen molar-refractivity contribution in [2.75, 3.05) is 13.2 Å². The van der Waals surface area contributed by atoms with Gasteiger partial charge in [-0.25, -0.2) is 0 Å². The van der Waals surface area contributed by atoms with Crippen molar-refractivity contribution in [1.29, 1.82) is 0 Å². The third-order valence-corrected chi connectivity index (χ3v) is 5.64. The number of hydrogen-bond acceptors (Lipinski definition) is 3. The zero-order valence-corrected chi connectivity index (χ0v) is 16.7. The molecule has 6 heteroatoms. The first-order valence-corrected chi connectivity index (χ1v) is 9.72. The Morgan fingerprint density at radius 1 is 1.19 bits per heavy atom. The van der Waals surface area contributed by atoms with E-state index in [0.717, 1.165) is 21.3 Å². The van der Waals surface area contributed by atoms with E-state index in [9.17, 15) is 4.79 Å². The highest BCUT2D eigenvalue weighted by molar-refractivity contribution is 7.16. The van der Waals surface area contributed by atoms with Crippen LogP contribution in [0.15, 0.2) is 41.4 Å². The lowest BCUT2D eigenvalue weighted by atomic mass is 10.1. The zero-order valence-electron chi connectivity index (χ0n) is 15.1. The monoisotopic (exact) mass is 388 g/mol. The summed E-state index contributed by atoms with van der Waals surface area (Å²) in [7, 11) is 0. The normalized spacial score (nSPS) is 12.1. The predicted molar refractivity (Wildman–Crippen MR) is 107 cm³/mol. The smallest absolute Gasteiger partial charge is 0.279 e. The van der Waals surface area contributed by atoms with Gasteiger partial charge in [-0.2, -0.15) is 4.99 Å². The second-order valence-corrected chi connectivity index (χ2v) is 7.45. The number of carbonyl (C=O) groups excluding carboxylic acids is 1. The van der Waals surface area contributed by atoms with Crippen LogP contribution in [0, 0.1) is 13.8 Å². The first kappa shape index (κ1) is 18.8. The van der Waals surface area contributed by atoms with Gasteiger partial charge in [0.25, 0.3) is 5.91 Å². The maximum absolute atomic E-state index is 12.6. The fourth-order valence-electron chi connectivity index (χ4n) is 2.76. The molecule has 1 aromatic heterocycles. The van der Waals surface area contributed by atoms with Gasteiger partial charge in [-0.05, 0) is 50.6 Å². The van der Waals surface area contributed by atoms with Gasteiger partial charge in [0, 0.05) is 23.7 Å². The topological polar surface area (TPSA) is 43.6 Å². The van der Waals surface area contributed by atoms with Crippen LogP contribution in [0.3, 0.4) is 0 Å². The third kappa shape index (κ3) is 3.90. The van der Waals surface area contributed by atoms with Crippen molar-refractivity contribution in [3.05, 3.63) is 62.9 Å². The average molecular weight is 389 g/mol. The van der Waals surface area contributed by atoms with Gasteiger partial charge in [0.2, 0.25) is 0 Å². The minimum Gasteiger partial charge on any atom is -0.380 e. The number of amides is 1. The lowest BCUT2D eigenvalue weighted by Gasteiger charge is -2.08. The van der Waals surface area contributed by atoms with E-state index >= 15 is 0 Å². The van der Waals surface area contributed by atoms with Gasteiger partial charge in [-0.3, -0.25) is 4.79 Å². The van der Waals surface area contributed by atoms with E-state index in [2.05, 4.69) is 4.99 Å². The van der Waals surface area contributed by atoms with E-state index < -0.39 is 0 Å². The molecule has 1 amide bonds. The van der Waals surface area contributed by atoms with E-state index in [1.807, 2.05) is 49.6 Å². The minimum atomic E-state index is -0.245. The lowest BCUT2D eigenvalue weighted by molar-refractivity contribution is 0.0996. The van der Waals surface area contributed by atoms with Gasteiger partial charge in [-0.1, -0.05) is 40.6 Å². The number of benzene rings is 2. The van der Waals surface area contributed by atoms with Crippen LogP contribution in [-0.2, 0) is 11.3 Å². The molecule has 0 aliphatic carbocycles. The van der Waals surface area contributed by atoms with Crippen LogP contribution in [0.25, 0.3) is 10.2 Å². The maximum atomic E-state index is 12.6. The molecule has 0 aliphatic rings. The molecule has 0 bridgehead atoms. The Morgan fingerprint density at radius 3 is 2.62 bits per heavy atom. The Hall–Kier alpha value is -1.95. The van der Waals surface area contributed by atoms with Crippen LogP contribution in [0.4, 0.5) is 0 Å². The Kier molecular flexibility index (Phi) is 5.91. The summed E-state index contributed by atoms with van der Waals surface area (Å²) in [5.41, 5.74) is 3.69. The molecule has 3 aromatic rings. The van der Waals surface area contributed by atoms with Crippen molar-refractivity contribution in [1.82, 2.24) is 4.57 Å². The minimum absolute atomic E-state index is 0.245. The summed E-state index contributed by atoms with van der Waals surface area (Å²) in [6.45, 7) is 7.77. The maximum Gasteiger partial charge on any atom is 0.279 e. The van der Waals surface area contributed by atoms with E-state index in [-0.39, 0.29) is 5.91 Å². The zero-order chi connectivity index (χ0) is 18.7. The number of fused-ring (bicyclic) bond motifs is 1. The standard InChI is InChI=1S/C20H21ClN2O2S/c1-4-25-12-11-23-18-14(3)16(21)9-10-17(18)26-20(23)22-19(24)15-7-5-13(2)6-8-15/h5-10H,4,11-12H2,1-3H3. The average Bonchev–Trinajstić information content (AvgIpc) is 2.97. The fraction of sp³-hybridized carbons (Fsp3) is 0.300. The van der Waals surface area contributed by atoms with Crippen LogP contribution in [0.5, 0.6) is 0 Å². The van der Waals surface area contributed by atoms with Crippen LogP contribution >= 0.6 is 22.9 Å². The molecular weight excluding hydrogens is 368 g/mol. The molecule has 4 nitrogen and oxygen atoms in total. The largest absolute Gasteiger partial charge is 0.380 e. The van der Waals surface area contributed by atoms with Crippen LogP contribution in [0.1, 0.15) is 28.4 Å². The molecule has 0 N–H and O–H groups in total. The molecule has 0 radical (unpaired) electrons. The van der Waals surface area contributed by atoms with Crippen molar-refractivity contribution >= 4 is 39.1 Å². The molecule has 1 heterocycles. The van der Waals surface area contributed by atoms with Crippen LogP contribution in [-0.4, -0.2) is 23.7 Å². The highest BCUT2D eigenvalue weighted by atomic mass is 35.5. The van der Waals surface area contributed by atoms with Gasteiger partial charge in [0.15, 0.2) is 4.80 Å². The second kappa shape index (κ2) is 8.16. The molecular formula is C20H21ClN2O2S.